The first-order chi connectivity index (χ1) is 6.69. The van der Waals surface area contributed by atoms with Gasteiger partial charge < -0.3 is 4.57 Å². The van der Waals surface area contributed by atoms with E-state index in [1.54, 1.807) is 12.3 Å². The maximum atomic E-state index is 11.2. The van der Waals surface area contributed by atoms with Crippen molar-refractivity contribution in [3.8, 4) is 0 Å². The molecule has 3 heteroatoms. The van der Waals surface area contributed by atoms with E-state index in [4.69, 9.17) is 0 Å². The van der Waals surface area contributed by atoms with Gasteiger partial charge in [-0.3, -0.25) is 9.59 Å². The van der Waals surface area contributed by atoms with Crippen molar-refractivity contribution in [1.29, 1.82) is 0 Å². The van der Waals surface area contributed by atoms with E-state index in [0.717, 1.165) is 25.7 Å². The van der Waals surface area contributed by atoms with E-state index >= 15 is 0 Å². The molecule has 1 aromatic heterocycles. The van der Waals surface area contributed by atoms with Crippen LogP contribution in [-0.4, -0.2) is 16.6 Å². The lowest BCUT2D eigenvalue weighted by atomic mass is 10.2. The van der Waals surface area contributed by atoms with Crippen LogP contribution in [0.1, 0.15) is 47.5 Å². The van der Waals surface area contributed by atoms with Crippen LogP contribution in [0, 0.1) is 0 Å². The lowest BCUT2D eigenvalue weighted by Gasteiger charge is -2.04. The number of aromatic nitrogens is 1. The van der Waals surface area contributed by atoms with E-state index in [1.165, 1.54) is 6.92 Å². The van der Waals surface area contributed by atoms with Crippen molar-refractivity contribution < 1.29 is 9.59 Å². The number of rotatable bonds is 5. The first kappa shape index (κ1) is 10.7. The van der Waals surface area contributed by atoms with Crippen LogP contribution in [0.2, 0.25) is 0 Å². The molecule has 0 unspecified atom stereocenters. The van der Waals surface area contributed by atoms with Crippen LogP contribution in [0.25, 0.3) is 0 Å². The number of hydrogen-bond acceptors (Lipinski definition) is 2. The summed E-state index contributed by atoms with van der Waals surface area (Å²) in [7, 11) is 0. The summed E-state index contributed by atoms with van der Waals surface area (Å²) in [5, 5.41) is 0. The Morgan fingerprint density at radius 3 is 2.79 bits per heavy atom. The summed E-state index contributed by atoms with van der Waals surface area (Å²) in [6.07, 6.45) is 4.60. The Labute approximate surface area is 83.7 Å². The standard InChI is InChI=1S/C11H15NO2/c1-3-4-5-12-7-10(8-13)6-11(12)9(2)14/h6-8H,3-5H2,1-2H3. The first-order valence-corrected chi connectivity index (χ1v) is 4.85. The summed E-state index contributed by atoms with van der Waals surface area (Å²) in [6, 6.07) is 1.64. The molecule has 0 aliphatic rings. The summed E-state index contributed by atoms with van der Waals surface area (Å²) >= 11 is 0. The minimum atomic E-state index is 0.00852. The molecule has 0 fully saturated rings. The van der Waals surface area contributed by atoms with Crippen molar-refractivity contribution in [2.24, 2.45) is 0 Å². The number of unbranched alkanes of at least 4 members (excludes halogenated alkanes) is 1. The fraction of sp³-hybridized carbons (Fsp3) is 0.455. The Morgan fingerprint density at radius 1 is 1.57 bits per heavy atom. The molecule has 0 saturated heterocycles. The molecule has 0 atom stereocenters. The molecule has 0 N–H and O–H groups in total. The predicted octanol–water partition coefficient (Wildman–Crippen LogP) is 2.30. The van der Waals surface area contributed by atoms with Crippen molar-refractivity contribution in [1.82, 2.24) is 4.57 Å². The molecule has 0 aromatic carbocycles. The number of Topliss-reactive ketones (excluding diaryl/α,β-unsaturated/α-hetero) is 1. The van der Waals surface area contributed by atoms with Gasteiger partial charge in [-0.1, -0.05) is 13.3 Å². The average Bonchev–Trinajstić information content (AvgIpc) is 2.58. The SMILES string of the molecule is CCCCn1cc(C=O)cc1C(C)=O. The van der Waals surface area contributed by atoms with Gasteiger partial charge in [-0.15, -0.1) is 0 Å². The molecule has 1 aromatic rings. The van der Waals surface area contributed by atoms with Gasteiger partial charge in [-0.25, -0.2) is 0 Å². The van der Waals surface area contributed by atoms with Crippen LogP contribution in [0.5, 0.6) is 0 Å². The van der Waals surface area contributed by atoms with E-state index < -0.39 is 0 Å². The van der Waals surface area contributed by atoms with Gasteiger partial charge in [-0.05, 0) is 12.5 Å². The van der Waals surface area contributed by atoms with E-state index in [0.29, 0.717) is 11.3 Å². The first-order valence-electron chi connectivity index (χ1n) is 4.85. The highest BCUT2D eigenvalue weighted by molar-refractivity contribution is 5.94. The van der Waals surface area contributed by atoms with E-state index in [2.05, 4.69) is 6.92 Å². The summed E-state index contributed by atoms with van der Waals surface area (Å²) in [4.78, 5) is 21.8. The van der Waals surface area contributed by atoms with Crippen molar-refractivity contribution in [3.05, 3.63) is 23.5 Å². The second kappa shape index (κ2) is 4.74. The molecule has 0 spiro atoms. The molecule has 76 valence electrons. The second-order valence-corrected chi connectivity index (χ2v) is 3.38. The Balaban J connectivity index is 2.93. The zero-order valence-corrected chi connectivity index (χ0v) is 8.62. The van der Waals surface area contributed by atoms with Crippen LogP contribution in [-0.2, 0) is 6.54 Å². The van der Waals surface area contributed by atoms with Crippen molar-refractivity contribution in [2.45, 2.75) is 33.2 Å². The largest absolute Gasteiger partial charge is 0.344 e. The van der Waals surface area contributed by atoms with Gasteiger partial charge in [-0.2, -0.15) is 0 Å². The summed E-state index contributed by atoms with van der Waals surface area (Å²) < 4.78 is 1.86. The predicted molar refractivity (Wildman–Crippen MR) is 54.7 cm³/mol. The molecule has 3 nitrogen and oxygen atoms in total. The molecule has 0 aliphatic carbocycles. The highest BCUT2D eigenvalue weighted by atomic mass is 16.1. The zero-order valence-electron chi connectivity index (χ0n) is 8.62. The van der Waals surface area contributed by atoms with Gasteiger partial charge in [0.2, 0.25) is 0 Å². The molecular weight excluding hydrogens is 178 g/mol. The third-order valence-electron chi connectivity index (χ3n) is 2.17. The maximum absolute atomic E-state index is 11.2. The third-order valence-corrected chi connectivity index (χ3v) is 2.17. The molecule has 14 heavy (non-hydrogen) atoms. The minimum absolute atomic E-state index is 0.00852. The van der Waals surface area contributed by atoms with Crippen LogP contribution in [0.4, 0.5) is 0 Å². The zero-order chi connectivity index (χ0) is 10.6. The highest BCUT2D eigenvalue weighted by Crippen LogP contribution is 2.09. The summed E-state index contributed by atoms with van der Waals surface area (Å²) in [5.41, 5.74) is 1.20. The fourth-order valence-corrected chi connectivity index (χ4v) is 1.41. The second-order valence-electron chi connectivity index (χ2n) is 3.38. The number of nitrogens with zero attached hydrogens (tertiary/aromatic N) is 1. The number of carbonyl (C=O) groups is 2. The maximum Gasteiger partial charge on any atom is 0.176 e. The van der Waals surface area contributed by atoms with Gasteiger partial charge >= 0.3 is 0 Å². The molecule has 0 amide bonds. The number of aldehydes is 1. The van der Waals surface area contributed by atoms with Crippen LogP contribution in [0.15, 0.2) is 12.3 Å². The fourth-order valence-electron chi connectivity index (χ4n) is 1.41. The Hall–Kier alpha value is -1.38. The van der Waals surface area contributed by atoms with Gasteiger partial charge in [0, 0.05) is 25.2 Å². The van der Waals surface area contributed by atoms with Gasteiger partial charge in [0.1, 0.15) is 0 Å². The molecule has 0 saturated carbocycles. The number of hydrogen-bond donors (Lipinski definition) is 0. The Bertz CT molecular complexity index is 339. The smallest absolute Gasteiger partial charge is 0.176 e. The summed E-state index contributed by atoms with van der Waals surface area (Å²) in [6.45, 7) is 4.42. The third kappa shape index (κ3) is 2.31. The number of carbonyl (C=O) groups excluding carboxylic acids is 2. The topological polar surface area (TPSA) is 39.1 Å². The van der Waals surface area contributed by atoms with Gasteiger partial charge in [0.05, 0.1) is 5.69 Å². The van der Waals surface area contributed by atoms with E-state index in [-0.39, 0.29) is 5.78 Å². The molecule has 0 bridgehead atoms. The summed E-state index contributed by atoms with van der Waals surface area (Å²) in [5.74, 6) is 0.00852. The molecule has 1 rings (SSSR count). The minimum Gasteiger partial charge on any atom is -0.344 e. The molecule has 0 aliphatic heterocycles. The van der Waals surface area contributed by atoms with Crippen molar-refractivity contribution in [2.75, 3.05) is 0 Å². The quantitative estimate of drug-likeness (QED) is 0.531. The Morgan fingerprint density at radius 2 is 2.29 bits per heavy atom. The molecule has 0 radical (unpaired) electrons. The van der Waals surface area contributed by atoms with E-state index in [1.807, 2.05) is 4.57 Å². The van der Waals surface area contributed by atoms with Gasteiger partial charge in [0.15, 0.2) is 12.1 Å². The molecule has 1 heterocycles. The lowest BCUT2D eigenvalue weighted by molar-refractivity contribution is 0.100. The van der Waals surface area contributed by atoms with E-state index in [9.17, 15) is 9.59 Å². The number of ketones is 1. The highest BCUT2D eigenvalue weighted by Gasteiger charge is 2.08. The average molecular weight is 193 g/mol. The van der Waals surface area contributed by atoms with Crippen LogP contribution < -0.4 is 0 Å². The Kier molecular flexibility index (Phi) is 3.63. The van der Waals surface area contributed by atoms with Gasteiger partial charge in [0.25, 0.3) is 0 Å². The number of aryl methyl sites for hydroxylation is 1. The van der Waals surface area contributed by atoms with Crippen molar-refractivity contribution in [3.63, 3.8) is 0 Å². The van der Waals surface area contributed by atoms with Crippen molar-refractivity contribution >= 4 is 12.1 Å². The monoisotopic (exact) mass is 193 g/mol. The normalized spacial score (nSPS) is 10.1. The molecular formula is C11H15NO2. The van der Waals surface area contributed by atoms with Crippen LogP contribution >= 0.6 is 0 Å². The lowest BCUT2D eigenvalue weighted by Crippen LogP contribution is -2.05. The van der Waals surface area contributed by atoms with Crippen LogP contribution in [0.3, 0.4) is 0 Å².